The number of hydrogen-bond acceptors (Lipinski definition) is 7. The summed E-state index contributed by atoms with van der Waals surface area (Å²) in [6.07, 6.45) is 0.798. The molecule has 1 fully saturated rings. The Kier molecular flexibility index (Phi) is 4.49. The van der Waals surface area contributed by atoms with Crippen LogP contribution < -0.4 is 0 Å². The van der Waals surface area contributed by atoms with E-state index in [-0.39, 0.29) is 58.0 Å². The van der Waals surface area contributed by atoms with Crippen molar-refractivity contribution in [1.29, 1.82) is 0 Å². The lowest BCUT2D eigenvalue weighted by Crippen LogP contribution is -2.52. The summed E-state index contributed by atoms with van der Waals surface area (Å²) >= 11 is 0. The van der Waals surface area contributed by atoms with Crippen molar-refractivity contribution in [3.8, 4) is 11.5 Å². The Balaban J connectivity index is 1.83. The average Bonchev–Trinajstić information content (AvgIpc) is 2.64. The molecule has 0 unspecified atom stereocenters. The average molecular weight is 414 g/mol. The molecule has 160 valence electrons. The van der Waals surface area contributed by atoms with Crippen molar-refractivity contribution in [3.05, 3.63) is 34.1 Å². The van der Waals surface area contributed by atoms with E-state index in [0.717, 1.165) is 0 Å². The minimum Gasteiger partial charge on any atom is -0.508 e. The van der Waals surface area contributed by atoms with Gasteiger partial charge in [-0.2, -0.15) is 0 Å². The van der Waals surface area contributed by atoms with Crippen molar-refractivity contribution < 1.29 is 34.1 Å². The zero-order valence-corrected chi connectivity index (χ0v) is 17.7. The van der Waals surface area contributed by atoms with Gasteiger partial charge in [-0.15, -0.1) is 0 Å². The number of benzene rings is 1. The molecule has 30 heavy (non-hydrogen) atoms. The molecular weight excluding hydrogens is 388 g/mol. The number of allylic oxidation sites excluding steroid dienone is 2. The third kappa shape index (κ3) is 2.82. The van der Waals surface area contributed by atoms with Crippen molar-refractivity contribution in [1.82, 2.24) is 0 Å². The minimum atomic E-state index is -0.767. The molecule has 3 aliphatic rings. The van der Waals surface area contributed by atoms with Gasteiger partial charge in [-0.05, 0) is 51.5 Å². The minimum absolute atomic E-state index is 0.00178. The number of rotatable bonds is 1. The maximum atomic E-state index is 13.4. The fraction of sp³-hybridized carbons (Fsp3) is 0.522. The summed E-state index contributed by atoms with van der Waals surface area (Å²) in [5.74, 6) is -2.33. The summed E-state index contributed by atoms with van der Waals surface area (Å²) in [5, 5.41) is 20.6. The van der Waals surface area contributed by atoms with Crippen LogP contribution >= 0.6 is 0 Å². The Hall–Kier alpha value is -2.83. The van der Waals surface area contributed by atoms with E-state index < -0.39 is 22.9 Å². The zero-order valence-electron chi connectivity index (χ0n) is 17.7. The van der Waals surface area contributed by atoms with Crippen LogP contribution in [0, 0.1) is 24.7 Å². The van der Waals surface area contributed by atoms with Gasteiger partial charge in [0.25, 0.3) is 0 Å². The van der Waals surface area contributed by atoms with E-state index in [0.29, 0.717) is 18.4 Å². The summed E-state index contributed by atoms with van der Waals surface area (Å²) in [5.41, 5.74) is -0.451. The summed E-state index contributed by atoms with van der Waals surface area (Å²) in [4.78, 5) is 38.3. The molecule has 0 amide bonds. The molecule has 1 aromatic carbocycles. The van der Waals surface area contributed by atoms with Crippen LogP contribution in [0.2, 0.25) is 0 Å². The standard InChI is InChI=1S/C23H26O7/c1-9-6-12-14(8-16(9)29-11(3)24)23(4,5)30-22-18(12)20(27)13-7-15(25)10(2)19(26)17(13)21(22)28/h7,9,12,14,16,25-26H,6,8H2,1-5H3/t9-,12-,14+,16+/m1/s1. The highest BCUT2D eigenvalue weighted by Gasteiger charge is 2.55. The number of phenolic OH excluding ortho intramolecular Hbond substituents is 2. The molecular formula is C23H26O7. The van der Waals surface area contributed by atoms with Gasteiger partial charge in [0.15, 0.2) is 11.5 Å². The number of fused-ring (bicyclic) bond motifs is 3. The van der Waals surface area contributed by atoms with E-state index in [1.165, 1.54) is 19.9 Å². The van der Waals surface area contributed by atoms with Gasteiger partial charge in [0, 0.05) is 29.5 Å². The lowest BCUT2D eigenvalue weighted by Gasteiger charge is -2.51. The Labute approximate surface area is 174 Å². The van der Waals surface area contributed by atoms with E-state index in [1.807, 2.05) is 20.8 Å². The maximum Gasteiger partial charge on any atom is 0.302 e. The molecule has 0 aromatic heterocycles. The second-order valence-corrected chi connectivity index (χ2v) is 9.21. The predicted molar refractivity (Wildman–Crippen MR) is 106 cm³/mol. The molecule has 0 spiro atoms. The second kappa shape index (κ2) is 6.59. The van der Waals surface area contributed by atoms with E-state index in [1.54, 1.807) is 0 Å². The highest BCUT2D eigenvalue weighted by molar-refractivity contribution is 6.27. The van der Waals surface area contributed by atoms with E-state index in [4.69, 9.17) is 9.47 Å². The lowest BCUT2D eigenvalue weighted by molar-refractivity contribution is -0.158. The van der Waals surface area contributed by atoms with Crippen LogP contribution in [0.15, 0.2) is 17.4 Å². The monoisotopic (exact) mass is 414 g/mol. The number of carbonyl (C=O) groups is 3. The highest BCUT2D eigenvalue weighted by Crippen LogP contribution is 2.53. The Morgan fingerprint density at radius 1 is 1.20 bits per heavy atom. The Bertz CT molecular complexity index is 1020. The van der Waals surface area contributed by atoms with Crippen molar-refractivity contribution in [3.63, 3.8) is 0 Å². The molecule has 1 saturated carbocycles. The summed E-state index contributed by atoms with van der Waals surface area (Å²) < 4.78 is 11.6. The van der Waals surface area contributed by atoms with E-state index in [9.17, 15) is 24.6 Å². The van der Waals surface area contributed by atoms with Crippen LogP contribution in [0.3, 0.4) is 0 Å². The van der Waals surface area contributed by atoms with Crippen molar-refractivity contribution >= 4 is 17.5 Å². The highest BCUT2D eigenvalue weighted by atomic mass is 16.5. The number of ether oxygens (including phenoxy) is 2. The number of ketones is 2. The number of phenols is 2. The largest absolute Gasteiger partial charge is 0.508 e. The van der Waals surface area contributed by atoms with E-state index in [2.05, 4.69) is 0 Å². The molecule has 0 bridgehead atoms. The molecule has 1 aliphatic heterocycles. The first-order valence-electron chi connectivity index (χ1n) is 10.2. The van der Waals surface area contributed by atoms with Gasteiger partial charge in [0.2, 0.25) is 5.78 Å². The molecule has 0 radical (unpaired) electrons. The third-order valence-corrected chi connectivity index (χ3v) is 6.87. The third-order valence-electron chi connectivity index (χ3n) is 6.87. The molecule has 1 heterocycles. The first-order chi connectivity index (χ1) is 13.9. The fourth-order valence-electron chi connectivity index (χ4n) is 5.25. The molecule has 4 rings (SSSR count). The van der Waals surface area contributed by atoms with Gasteiger partial charge in [-0.25, -0.2) is 0 Å². The first-order valence-corrected chi connectivity index (χ1v) is 10.2. The summed E-state index contributed by atoms with van der Waals surface area (Å²) in [7, 11) is 0. The molecule has 0 saturated heterocycles. The Morgan fingerprint density at radius 3 is 2.50 bits per heavy atom. The lowest BCUT2D eigenvalue weighted by atomic mass is 9.61. The molecule has 4 atom stereocenters. The summed E-state index contributed by atoms with van der Waals surface area (Å²) in [6.45, 7) is 8.56. The predicted octanol–water partition coefficient (Wildman–Crippen LogP) is 3.44. The maximum absolute atomic E-state index is 13.4. The van der Waals surface area contributed by atoms with E-state index >= 15 is 0 Å². The number of aromatic hydroxyl groups is 2. The van der Waals surface area contributed by atoms with Gasteiger partial charge < -0.3 is 19.7 Å². The smallest absolute Gasteiger partial charge is 0.302 e. The number of carbonyl (C=O) groups excluding carboxylic acids is 3. The quantitative estimate of drug-likeness (QED) is 0.677. The molecule has 7 heteroatoms. The van der Waals surface area contributed by atoms with Gasteiger partial charge in [0.05, 0.1) is 5.56 Å². The topological polar surface area (TPSA) is 110 Å². The van der Waals surface area contributed by atoms with Gasteiger partial charge in [-0.3, -0.25) is 14.4 Å². The van der Waals surface area contributed by atoms with Gasteiger partial charge in [-0.1, -0.05) is 6.92 Å². The normalized spacial score (nSPS) is 29.5. The molecule has 2 N–H and O–H groups in total. The fourth-order valence-corrected chi connectivity index (χ4v) is 5.25. The van der Waals surface area contributed by atoms with Crippen LogP contribution in [0.25, 0.3) is 0 Å². The number of hydrogen-bond donors (Lipinski definition) is 2. The Morgan fingerprint density at radius 2 is 1.87 bits per heavy atom. The first kappa shape index (κ1) is 20.4. The molecule has 2 aliphatic carbocycles. The van der Waals surface area contributed by atoms with Crippen LogP contribution in [-0.2, 0) is 14.3 Å². The van der Waals surface area contributed by atoms with Crippen molar-refractivity contribution in [2.75, 3.05) is 0 Å². The van der Waals surface area contributed by atoms with Crippen molar-refractivity contribution in [2.45, 2.75) is 59.2 Å². The van der Waals surface area contributed by atoms with Gasteiger partial charge in [0.1, 0.15) is 23.2 Å². The van der Waals surface area contributed by atoms with Crippen LogP contribution in [-0.4, -0.2) is 39.5 Å². The summed E-state index contributed by atoms with van der Waals surface area (Å²) in [6, 6.07) is 1.25. The molecule has 1 aromatic rings. The van der Waals surface area contributed by atoms with Crippen molar-refractivity contribution in [2.24, 2.45) is 17.8 Å². The second-order valence-electron chi connectivity index (χ2n) is 9.21. The zero-order chi connectivity index (χ0) is 22.1. The number of Topliss-reactive ketones (excluding diaryl/α,β-unsaturated/α-hetero) is 2. The number of esters is 1. The van der Waals surface area contributed by atoms with Crippen LogP contribution in [0.4, 0.5) is 0 Å². The SMILES string of the molecule is CC(=O)O[C@H]1C[C@H]2[C@@H](C[C@H]1C)C1=C(OC2(C)C)C(=O)c2c(cc(O)c(C)c2O)C1=O. The van der Waals surface area contributed by atoms with Crippen LogP contribution in [0.1, 0.15) is 66.8 Å². The van der Waals surface area contributed by atoms with Crippen LogP contribution in [0.5, 0.6) is 11.5 Å². The van der Waals surface area contributed by atoms with Gasteiger partial charge >= 0.3 is 5.97 Å². The molecule has 7 nitrogen and oxygen atoms in total.